The minimum Gasteiger partial charge on any atom is -0.456 e. The summed E-state index contributed by atoms with van der Waals surface area (Å²) in [5.41, 5.74) is 4.98. The summed E-state index contributed by atoms with van der Waals surface area (Å²) < 4.78 is 5.85. The maximum absolute atomic E-state index is 6.11. The Morgan fingerprint density at radius 3 is 2.65 bits per heavy atom. The van der Waals surface area contributed by atoms with Gasteiger partial charge in [0.1, 0.15) is 11.2 Å². The topological polar surface area (TPSA) is 38.1 Å². The lowest BCUT2D eigenvalue weighted by molar-refractivity contribution is 0.669. The number of aryl methyl sites for hydroxylation is 1. The Morgan fingerprint density at radius 2 is 1.83 bits per heavy atom. The van der Waals surface area contributed by atoms with Gasteiger partial charge >= 0.3 is 0 Å². The first-order valence-electron chi connectivity index (χ1n) is 7.47. The van der Waals surface area contributed by atoms with Crippen molar-refractivity contribution in [1.82, 2.24) is 4.98 Å². The second-order valence-corrected chi connectivity index (χ2v) is 6.01. The summed E-state index contributed by atoms with van der Waals surface area (Å²) in [7, 11) is 0. The fraction of sp³-hybridized carbons (Fsp3) is 0.105. The summed E-state index contributed by atoms with van der Waals surface area (Å²) in [5.74, 6) is 0. The van der Waals surface area contributed by atoms with E-state index in [-0.39, 0.29) is 0 Å². The zero-order valence-electron chi connectivity index (χ0n) is 12.6. The first-order chi connectivity index (χ1) is 11.2. The normalized spacial score (nSPS) is 11.2. The van der Waals surface area contributed by atoms with Gasteiger partial charge in [0, 0.05) is 27.7 Å². The van der Waals surface area contributed by atoms with E-state index in [2.05, 4.69) is 29.4 Å². The number of hydrogen-bond donors (Lipinski definition) is 1. The van der Waals surface area contributed by atoms with Crippen LogP contribution in [0.3, 0.4) is 0 Å². The third kappa shape index (κ3) is 2.64. The Kier molecular flexibility index (Phi) is 3.43. The van der Waals surface area contributed by atoms with Crippen LogP contribution in [0.25, 0.3) is 21.9 Å². The molecule has 0 radical (unpaired) electrons. The van der Waals surface area contributed by atoms with Crippen molar-refractivity contribution in [3.05, 3.63) is 71.0 Å². The van der Waals surface area contributed by atoms with E-state index >= 15 is 0 Å². The molecule has 0 bridgehead atoms. The van der Waals surface area contributed by atoms with Crippen molar-refractivity contribution in [2.75, 3.05) is 5.32 Å². The van der Waals surface area contributed by atoms with E-state index in [0.29, 0.717) is 11.6 Å². The number of fused-ring (bicyclic) bond motifs is 3. The summed E-state index contributed by atoms with van der Waals surface area (Å²) in [5, 5.41) is 6.23. The van der Waals surface area contributed by atoms with Gasteiger partial charge in [0.25, 0.3) is 0 Å². The van der Waals surface area contributed by atoms with Crippen LogP contribution in [0.1, 0.15) is 11.3 Å². The highest BCUT2D eigenvalue weighted by atomic mass is 35.5. The van der Waals surface area contributed by atoms with Crippen LogP contribution in [-0.4, -0.2) is 4.98 Å². The molecule has 0 amide bonds. The molecule has 114 valence electrons. The van der Waals surface area contributed by atoms with Crippen molar-refractivity contribution in [3.63, 3.8) is 0 Å². The van der Waals surface area contributed by atoms with Crippen molar-refractivity contribution in [2.24, 2.45) is 0 Å². The van der Waals surface area contributed by atoms with Gasteiger partial charge in [-0.05, 0) is 55.0 Å². The molecule has 4 heteroatoms. The Hall–Kier alpha value is -2.52. The molecule has 0 fully saturated rings. The predicted molar refractivity (Wildman–Crippen MR) is 95.0 cm³/mol. The fourth-order valence-corrected chi connectivity index (χ4v) is 2.92. The number of anilines is 1. The molecule has 0 unspecified atom stereocenters. The van der Waals surface area contributed by atoms with Crippen molar-refractivity contribution < 1.29 is 4.42 Å². The van der Waals surface area contributed by atoms with Crippen LogP contribution < -0.4 is 5.32 Å². The maximum atomic E-state index is 6.11. The van der Waals surface area contributed by atoms with E-state index in [1.54, 1.807) is 0 Å². The third-order valence-corrected chi connectivity index (χ3v) is 4.24. The van der Waals surface area contributed by atoms with Crippen LogP contribution in [0.5, 0.6) is 0 Å². The summed E-state index contributed by atoms with van der Waals surface area (Å²) in [6.45, 7) is 2.76. The molecule has 0 aliphatic carbocycles. The molecule has 0 spiro atoms. The molecule has 0 saturated carbocycles. The van der Waals surface area contributed by atoms with Crippen LogP contribution >= 0.6 is 11.6 Å². The minimum atomic E-state index is 0.689. The van der Waals surface area contributed by atoms with E-state index < -0.39 is 0 Å². The highest BCUT2D eigenvalue weighted by Crippen LogP contribution is 2.32. The molecule has 0 saturated heterocycles. The van der Waals surface area contributed by atoms with Gasteiger partial charge in [-0.15, -0.1) is 0 Å². The molecule has 0 atom stereocenters. The quantitative estimate of drug-likeness (QED) is 0.537. The average molecular weight is 323 g/mol. The highest BCUT2D eigenvalue weighted by Gasteiger charge is 2.08. The third-order valence-electron chi connectivity index (χ3n) is 4.01. The number of halogens is 1. The monoisotopic (exact) mass is 322 g/mol. The van der Waals surface area contributed by atoms with E-state index in [0.717, 1.165) is 33.3 Å². The van der Waals surface area contributed by atoms with Crippen molar-refractivity contribution in [2.45, 2.75) is 13.5 Å². The van der Waals surface area contributed by atoms with Gasteiger partial charge in [-0.3, -0.25) is 4.98 Å². The molecule has 2 aromatic carbocycles. The highest BCUT2D eigenvalue weighted by molar-refractivity contribution is 6.31. The second-order valence-electron chi connectivity index (χ2n) is 5.57. The number of hydrogen-bond acceptors (Lipinski definition) is 3. The van der Waals surface area contributed by atoms with Gasteiger partial charge < -0.3 is 9.73 Å². The fourth-order valence-electron chi connectivity index (χ4n) is 2.75. The lowest BCUT2D eigenvalue weighted by Crippen LogP contribution is -2.03. The van der Waals surface area contributed by atoms with Crippen LogP contribution in [-0.2, 0) is 6.54 Å². The van der Waals surface area contributed by atoms with Crippen LogP contribution in [0, 0.1) is 6.92 Å². The number of nitrogens with one attached hydrogen (secondary N) is 1. The predicted octanol–water partition coefficient (Wildman–Crippen LogP) is 5.55. The van der Waals surface area contributed by atoms with E-state index in [4.69, 9.17) is 16.0 Å². The molecule has 0 aliphatic heterocycles. The van der Waals surface area contributed by atoms with Crippen molar-refractivity contribution in [3.8, 4) is 0 Å². The Bertz CT molecular complexity index is 1010. The standard InChI is InChI=1S/C19H15ClN2O/c1-12-3-2-8-21-17(12)11-22-14-5-7-19-16(10-14)15-9-13(20)4-6-18(15)23-19/h2-10,22H,11H2,1H3. The maximum Gasteiger partial charge on any atom is 0.135 e. The molecular weight excluding hydrogens is 308 g/mol. The van der Waals surface area contributed by atoms with Gasteiger partial charge in [-0.1, -0.05) is 17.7 Å². The van der Waals surface area contributed by atoms with E-state index in [9.17, 15) is 0 Å². The molecule has 3 nitrogen and oxygen atoms in total. The first kappa shape index (κ1) is 14.1. The molecule has 4 aromatic rings. The summed E-state index contributed by atoms with van der Waals surface area (Å²) in [4.78, 5) is 4.41. The van der Waals surface area contributed by atoms with Gasteiger partial charge in [-0.25, -0.2) is 0 Å². The number of nitrogens with zero attached hydrogens (tertiary/aromatic N) is 1. The molecule has 2 heterocycles. The minimum absolute atomic E-state index is 0.689. The first-order valence-corrected chi connectivity index (χ1v) is 7.85. The summed E-state index contributed by atoms with van der Waals surface area (Å²) in [6.07, 6.45) is 1.82. The molecule has 4 rings (SSSR count). The smallest absolute Gasteiger partial charge is 0.135 e. The number of rotatable bonds is 3. The Morgan fingerprint density at radius 1 is 1.04 bits per heavy atom. The number of pyridine rings is 1. The molecular formula is C19H15ClN2O. The lowest BCUT2D eigenvalue weighted by atomic mass is 10.1. The second kappa shape index (κ2) is 5.60. The van der Waals surface area contributed by atoms with Gasteiger partial charge in [-0.2, -0.15) is 0 Å². The lowest BCUT2D eigenvalue weighted by Gasteiger charge is -2.08. The molecule has 23 heavy (non-hydrogen) atoms. The van der Waals surface area contributed by atoms with Gasteiger partial charge in [0.2, 0.25) is 0 Å². The molecule has 1 N–H and O–H groups in total. The zero-order valence-corrected chi connectivity index (χ0v) is 13.4. The van der Waals surface area contributed by atoms with E-state index in [1.807, 2.05) is 42.6 Å². The van der Waals surface area contributed by atoms with E-state index in [1.165, 1.54) is 5.56 Å². The summed E-state index contributed by atoms with van der Waals surface area (Å²) >= 11 is 6.11. The number of aromatic nitrogens is 1. The molecule has 0 aliphatic rings. The van der Waals surface area contributed by atoms with Crippen LogP contribution in [0.2, 0.25) is 5.02 Å². The average Bonchev–Trinajstić information content (AvgIpc) is 2.91. The van der Waals surface area contributed by atoms with Crippen LogP contribution in [0.15, 0.2) is 59.1 Å². The van der Waals surface area contributed by atoms with Gasteiger partial charge in [0.05, 0.1) is 12.2 Å². The van der Waals surface area contributed by atoms with Gasteiger partial charge in [0.15, 0.2) is 0 Å². The van der Waals surface area contributed by atoms with Crippen molar-refractivity contribution >= 4 is 39.2 Å². The Balaban J connectivity index is 1.69. The largest absolute Gasteiger partial charge is 0.456 e. The zero-order chi connectivity index (χ0) is 15.8. The number of furan rings is 1. The molecule has 2 aromatic heterocycles. The van der Waals surface area contributed by atoms with Crippen LogP contribution in [0.4, 0.5) is 5.69 Å². The summed E-state index contributed by atoms with van der Waals surface area (Å²) in [6, 6.07) is 15.8. The SMILES string of the molecule is Cc1cccnc1CNc1ccc2oc3ccc(Cl)cc3c2c1. The van der Waals surface area contributed by atoms with Crippen molar-refractivity contribution in [1.29, 1.82) is 0 Å². The number of benzene rings is 2. The Labute approximate surface area is 138 Å².